The highest BCUT2D eigenvalue weighted by Crippen LogP contribution is 2.28. The van der Waals surface area contributed by atoms with Crippen molar-refractivity contribution in [2.24, 2.45) is 0 Å². The van der Waals surface area contributed by atoms with Gasteiger partial charge in [0, 0.05) is 12.1 Å². The number of fused-ring (bicyclic) bond motifs is 1. The molecule has 3 rings (SSSR count). The fourth-order valence-electron chi connectivity index (χ4n) is 2.32. The summed E-state index contributed by atoms with van der Waals surface area (Å²) in [7, 11) is 0. The third-order valence-electron chi connectivity index (χ3n) is 3.53. The summed E-state index contributed by atoms with van der Waals surface area (Å²) in [6.45, 7) is 1.77. The van der Waals surface area contributed by atoms with E-state index in [1.165, 1.54) is 22.1 Å². The topological polar surface area (TPSA) is 121 Å². The first-order valence-electron chi connectivity index (χ1n) is 6.75. The van der Waals surface area contributed by atoms with Gasteiger partial charge >= 0.3 is 5.69 Å². The van der Waals surface area contributed by atoms with Crippen LogP contribution in [0.15, 0.2) is 34.4 Å². The predicted molar refractivity (Wildman–Crippen MR) is 87.5 cm³/mol. The lowest BCUT2D eigenvalue weighted by molar-refractivity contribution is -0.384. The Morgan fingerprint density at radius 3 is 2.42 bits per heavy atom. The molecule has 0 unspecified atom stereocenters. The van der Waals surface area contributed by atoms with Crippen molar-refractivity contribution >= 4 is 32.9 Å². The monoisotopic (exact) mass is 346 g/mol. The molecule has 24 heavy (non-hydrogen) atoms. The molecule has 2 aromatic heterocycles. The minimum Gasteiger partial charge on any atom is -0.291 e. The predicted octanol–water partition coefficient (Wildman–Crippen LogP) is 2.63. The van der Waals surface area contributed by atoms with Gasteiger partial charge in [0.15, 0.2) is 5.52 Å². The molecule has 1 aromatic carbocycles. The standard InChI is InChI=1S/C14H10N4O5S/c1-8-15-12-11(18(22)23)7-24-13(12)14(19)16(8)6-9-2-4-10(5-3-9)17(20)21/h2-5,7H,6H2,1H3. The van der Waals surface area contributed by atoms with Crippen molar-refractivity contribution in [2.45, 2.75) is 13.5 Å². The van der Waals surface area contributed by atoms with Crippen molar-refractivity contribution in [1.29, 1.82) is 0 Å². The van der Waals surface area contributed by atoms with Crippen molar-refractivity contribution in [1.82, 2.24) is 9.55 Å². The summed E-state index contributed by atoms with van der Waals surface area (Å²) < 4.78 is 1.61. The number of benzene rings is 1. The van der Waals surface area contributed by atoms with Gasteiger partial charge in [-0.3, -0.25) is 29.6 Å². The molecule has 0 bridgehead atoms. The van der Waals surface area contributed by atoms with Crippen LogP contribution in [0.5, 0.6) is 0 Å². The van der Waals surface area contributed by atoms with Crippen molar-refractivity contribution in [3.63, 3.8) is 0 Å². The number of hydrogen-bond acceptors (Lipinski definition) is 7. The lowest BCUT2D eigenvalue weighted by Crippen LogP contribution is -2.23. The Balaban J connectivity index is 2.05. The molecule has 0 saturated carbocycles. The van der Waals surface area contributed by atoms with E-state index in [0.717, 1.165) is 11.3 Å². The molecule has 0 fully saturated rings. The summed E-state index contributed by atoms with van der Waals surface area (Å²) in [5, 5.41) is 22.9. The minimum absolute atomic E-state index is 0.0368. The lowest BCUT2D eigenvalue weighted by Gasteiger charge is -2.09. The molecule has 0 aliphatic heterocycles. The molecule has 0 N–H and O–H groups in total. The van der Waals surface area contributed by atoms with Crippen LogP contribution in [0, 0.1) is 27.2 Å². The van der Waals surface area contributed by atoms with E-state index in [9.17, 15) is 25.0 Å². The van der Waals surface area contributed by atoms with Crippen molar-refractivity contribution in [3.05, 3.63) is 71.6 Å². The van der Waals surface area contributed by atoms with Crippen LogP contribution < -0.4 is 5.56 Å². The van der Waals surface area contributed by atoms with Gasteiger partial charge in [-0.1, -0.05) is 12.1 Å². The van der Waals surface area contributed by atoms with Gasteiger partial charge in [-0.2, -0.15) is 0 Å². The van der Waals surface area contributed by atoms with Crippen LogP contribution in [0.2, 0.25) is 0 Å². The Kier molecular flexibility index (Phi) is 3.81. The molecule has 0 aliphatic rings. The summed E-state index contributed by atoms with van der Waals surface area (Å²) in [5.74, 6) is 0.340. The number of non-ortho nitro benzene ring substituents is 1. The molecule has 122 valence electrons. The zero-order chi connectivity index (χ0) is 17.4. The molecule has 2 heterocycles. The summed E-state index contributed by atoms with van der Waals surface area (Å²) in [6.07, 6.45) is 0. The average Bonchev–Trinajstić information content (AvgIpc) is 2.96. The zero-order valence-electron chi connectivity index (χ0n) is 12.3. The lowest BCUT2D eigenvalue weighted by atomic mass is 10.2. The highest BCUT2D eigenvalue weighted by molar-refractivity contribution is 7.17. The molecule has 0 atom stereocenters. The second kappa shape index (κ2) is 5.81. The molecule has 0 radical (unpaired) electrons. The number of thiophene rings is 1. The SMILES string of the molecule is Cc1nc2c([N+](=O)[O-])csc2c(=O)n1Cc1ccc([N+](=O)[O-])cc1. The Morgan fingerprint density at radius 2 is 1.83 bits per heavy atom. The van der Waals surface area contributed by atoms with E-state index in [0.29, 0.717) is 11.4 Å². The molecule has 0 saturated heterocycles. The number of rotatable bonds is 4. The molecule has 3 aromatic rings. The van der Waals surface area contributed by atoms with Crippen molar-refractivity contribution in [2.75, 3.05) is 0 Å². The fraction of sp³-hybridized carbons (Fsp3) is 0.143. The first kappa shape index (κ1) is 15.7. The Bertz CT molecular complexity index is 1020. The van der Waals surface area contributed by atoms with Crippen LogP contribution in [0.4, 0.5) is 11.4 Å². The van der Waals surface area contributed by atoms with Gasteiger partial charge in [0.05, 0.1) is 21.8 Å². The van der Waals surface area contributed by atoms with Crippen LogP contribution in [0.3, 0.4) is 0 Å². The van der Waals surface area contributed by atoms with Gasteiger partial charge in [0.2, 0.25) is 0 Å². The van der Waals surface area contributed by atoms with Gasteiger partial charge in [-0.25, -0.2) is 4.98 Å². The van der Waals surface area contributed by atoms with Crippen LogP contribution >= 0.6 is 11.3 Å². The highest BCUT2D eigenvalue weighted by atomic mass is 32.1. The number of aromatic nitrogens is 2. The average molecular weight is 346 g/mol. The normalized spacial score (nSPS) is 10.9. The van der Waals surface area contributed by atoms with Crippen LogP contribution in [-0.4, -0.2) is 19.4 Å². The highest BCUT2D eigenvalue weighted by Gasteiger charge is 2.20. The summed E-state index contributed by atoms with van der Waals surface area (Å²) >= 11 is 0.982. The van der Waals surface area contributed by atoms with Crippen molar-refractivity contribution in [3.8, 4) is 0 Å². The van der Waals surface area contributed by atoms with E-state index in [-0.39, 0.29) is 33.7 Å². The molecular formula is C14H10N4O5S. The van der Waals surface area contributed by atoms with Gasteiger partial charge in [0.1, 0.15) is 10.5 Å². The van der Waals surface area contributed by atoms with E-state index in [2.05, 4.69) is 4.98 Å². The zero-order valence-corrected chi connectivity index (χ0v) is 13.1. The first-order valence-corrected chi connectivity index (χ1v) is 7.63. The van der Waals surface area contributed by atoms with Gasteiger partial charge in [-0.05, 0) is 12.5 Å². The van der Waals surface area contributed by atoms with E-state index >= 15 is 0 Å². The minimum atomic E-state index is -0.564. The Labute approximate surface area is 138 Å². The Morgan fingerprint density at radius 1 is 1.17 bits per heavy atom. The molecule has 9 nitrogen and oxygen atoms in total. The third kappa shape index (κ3) is 2.63. The summed E-state index contributed by atoms with van der Waals surface area (Å²) in [6, 6.07) is 5.84. The molecule has 10 heteroatoms. The Hall–Kier alpha value is -3.14. The maximum absolute atomic E-state index is 12.6. The maximum Gasteiger partial charge on any atom is 0.306 e. The number of hydrogen-bond donors (Lipinski definition) is 0. The second-order valence-corrected chi connectivity index (χ2v) is 5.91. The molecule has 0 spiro atoms. The molecule has 0 amide bonds. The van der Waals surface area contributed by atoms with Gasteiger partial charge < -0.3 is 0 Å². The van der Waals surface area contributed by atoms with E-state index in [1.807, 2.05) is 0 Å². The van der Waals surface area contributed by atoms with E-state index in [1.54, 1.807) is 19.1 Å². The van der Waals surface area contributed by atoms with Crippen LogP contribution in [0.25, 0.3) is 10.2 Å². The largest absolute Gasteiger partial charge is 0.306 e. The van der Waals surface area contributed by atoms with Crippen LogP contribution in [-0.2, 0) is 6.54 Å². The van der Waals surface area contributed by atoms with Gasteiger partial charge in [0.25, 0.3) is 11.2 Å². The van der Waals surface area contributed by atoms with Gasteiger partial charge in [-0.15, -0.1) is 11.3 Å². The number of nitro benzene ring substituents is 1. The summed E-state index contributed by atoms with van der Waals surface area (Å²) in [5.41, 5.74) is 0.197. The third-order valence-corrected chi connectivity index (χ3v) is 4.48. The number of nitro groups is 2. The van der Waals surface area contributed by atoms with E-state index < -0.39 is 9.85 Å². The molecule has 0 aliphatic carbocycles. The van der Waals surface area contributed by atoms with E-state index in [4.69, 9.17) is 0 Å². The maximum atomic E-state index is 12.6. The first-order chi connectivity index (χ1) is 11.4. The number of aryl methyl sites for hydroxylation is 1. The fourth-order valence-corrected chi connectivity index (χ4v) is 3.22. The quantitative estimate of drug-likeness (QED) is 0.529. The van der Waals surface area contributed by atoms with Crippen molar-refractivity contribution < 1.29 is 9.85 Å². The smallest absolute Gasteiger partial charge is 0.291 e. The number of nitrogens with zero attached hydrogens (tertiary/aromatic N) is 4. The summed E-state index contributed by atoms with van der Waals surface area (Å²) in [4.78, 5) is 37.3. The molecular weight excluding hydrogens is 336 g/mol. The van der Waals surface area contributed by atoms with Crippen LogP contribution in [0.1, 0.15) is 11.4 Å². The second-order valence-electron chi connectivity index (χ2n) is 5.03.